The second kappa shape index (κ2) is 10.3. The van der Waals surface area contributed by atoms with Crippen LogP contribution in [0.15, 0.2) is 64.6 Å². The van der Waals surface area contributed by atoms with Gasteiger partial charge < -0.3 is 4.90 Å². The average Bonchev–Trinajstić information content (AvgIpc) is 2.88. The number of sulfonamides is 1. The maximum Gasteiger partial charge on any atom is 0.285 e. The Bertz CT molecular complexity index is 1240. The molecule has 0 saturated carbocycles. The maximum absolute atomic E-state index is 12.8. The zero-order valence-electron chi connectivity index (χ0n) is 19.2. The molecule has 2 aromatic carbocycles. The fraction of sp³-hybridized carbons (Fsp3) is 0.304. The first kappa shape index (κ1) is 24.5. The summed E-state index contributed by atoms with van der Waals surface area (Å²) in [7, 11) is -1.70. The molecule has 2 aliphatic rings. The molecule has 0 unspecified atom stereocenters. The number of rotatable bonds is 5. The first-order chi connectivity index (χ1) is 16.8. The second-order valence-electron chi connectivity index (χ2n) is 8.23. The minimum absolute atomic E-state index is 0.0994. The Morgan fingerprint density at radius 1 is 0.857 bits per heavy atom. The highest BCUT2D eigenvalue weighted by molar-refractivity contribution is 7.89. The number of carbonyl (C=O) groups is 3. The summed E-state index contributed by atoms with van der Waals surface area (Å²) in [6.45, 7) is 2.12. The number of benzene rings is 2. The minimum atomic E-state index is -3.64. The van der Waals surface area contributed by atoms with E-state index in [9.17, 15) is 22.8 Å². The van der Waals surface area contributed by atoms with E-state index < -0.39 is 21.8 Å². The van der Waals surface area contributed by atoms with Gasteiger partial charge in [-0.1, -0.05) is 18.2 Å². The number of nitrogens with zero attached hydrogens (tertiary/aromatic N) is 4. The zero-order valence-corrected chi connectivity index (χ0v) is 20.0. The van der Waals surface area contributed by atoms with Gasteiger partial charge in [-0.3, -0.25) is 25.2 Å². The fourth-order valence-corrected chi connectivity index (χ4v) is 5.12. The lowest BCUT2D eigenvalue weighted by atomic mass is 10.1. The van der Waals surface area contributed by atoms with Gasteiger partial charge in [-0.25, -0.2) is 13.4 Å². The van der Waals surface area contributed by atoms with Crippen LogP contribution in [-0.2, 0) is 19.6 Å². The third-order valence-electron chi connectivity index (χ3n) is 5.80. The van der Waals surface area contributed by atoms with Crippen LogP contribution in [0.5, 0.6) is 0 Å². The molecule has 2 heterocycles. The summed E-state index contributed by atoms with van der Waals surface area (Å²) in [5.41, 5.74) is 5.41. The number of anilines is 1. The number of para-hydroxylation sites is 1. The van der Waals surface area contributed by atoms with Crippen LogP contribution in [0, 0.1) is 0 Å². The molecule has 11 nitrogen and oxygen atoms in total. The van der Waals surface area contributed by atoms with E-state index >= 15 is 0 Å². The first-order valence-corrected chi connectivity index (χ1v) is 12.5. The first-order valence-electron chi connectivity index (χ1n) is 11.1. The number of likely N-dealkylation sites (N-methyl/N-ethyl adjacent to an activating group) is 1. The third kappa shape index (κ3) is 5.56. The van der Waals surface area contributed by atoms with Crippen molar-refractivity contribution in [1.82, 2.24) is 20.1 Å². The number of amides is 3. The van der Waals surface area contributed by atoms with E-state index in [1.165, 1.54) is 33.6 Å². The van der Waals surface area contributed by atoms with Crippen molar-refractivity contribution in [3.05, 3.63) is 60.2 Å². The monoisotopic (exact) mass is 498 g/mol. The van der Waals surface area contributed by atoms with Gasteiger partial charge in [-0.05, 0) is 43.4 Å². The molecule has 0 aliphatic carbocycles. The standard InChI is InChI=1S/C23H26N6O5S/c1-27-13-15-28(16-14-27)35(33,34)19-9-7-17(8-10-19)22(31)24-25-23(32)20-11-12-21(30)29(26-20)18-5-3-2-4-6-18/h2-10H,11-16H2,1H3,(H,24,31)(H,25,32). The summed E-state index contributed by atoms with van der Waals surface area (Å²) >= 11 is 0. The Morgan fingerprint density at radius 2 is 1.49 bits per heavy atom. The quantitative estimate of drug-likeness (QED) is 0.580. The summed E-state index contributed by atoms with van der Waals surface area (Å²) < 4.78 is 27.1. The molecule has 0 aromatic heterocycles. The van der Waals surface area contributed by atoms with Crippen LogP contribution in [0.1, 0.15) is 23.2 Å². The third-order valence-corrected chi connectivity index (χ3v) is 7.71. The van der Waals surface area contributed by atoms with Crippen molar-refractivity contribution in [3.8, 4) is 0 Å². The van der Waals surface area contributed by atoms with Crippen LogP contribution in [-0.4, -0.2) is 74.3 Å². The Kier molecular flexibility index (Phi) is 7.24. The molecule has 12 heteroatoms. The van der Waals surface area contributed by atoms with Gasteiger partial charge in [0.05, 0.1) is 10.6 Å². The van der Waals surface area contributed by atoms with E-state index in [1.807, 2.05) is 7.05 Å². The number of nitrogens with one attached hydrogen (secondary N) is 2. The highest BCUT2D eigenvalue weighted by atomic mass is 32.2. The minimum Gasteiger partial charge on any atom is -0.304 e. The van der Waals surface area contributed by atoms with E-state index in [4.69, 9.17) is 0 Å². The van der Waals surface area contributed by atoms with Crippen LogP contribution < -0.4 is 15.9 Å². The van der Waals surface area contributed by atoms with Gasteiger partial charge in [0.15, 0.2) is 0 Å². The van der Waals surface area contributed by atoms with Crippen molar-refractivity contribution in [2.24, 2.45) is 5.10 Å². The normalized spacial score (nSPS) is 17.6. The van der Waals surface area contributed by atoms with Crippen molar-refractivity contribution >= 4 is 39.1 Å². The van der Waals surface area contributed by atoms with Crippen LogP contribution in [0.2, 0.25) is 0 Å². The summed E-state index contributed by atoms with van der Waals surface area (Å²) in [4.78, 5) is 39.3. The largest absolute Gasteiger partial charge is 0.304 e. The van der Waals surface area contributed by atoms with E-state index in [-0.39, 0.29) is 34.9 Å². The van der Waals surface area contributed by atoms with E-state index in [0.29, 0.717) is 31.9 Å². The van der Waals surface area contributed by atoms with Gasteiger partial charge >= 0.3 is 0 Å². The van der Waals surface area contributed by atoms with Gasteiger partial charge in [0.25, 0.3) is 11.8 Å². The molecule has 35 heavy (non-hydrogen) atoms. The van der Waals surface area contributed by atoms with Gasteiger partial charge in [0.2, 0.25) is 15.9 Å². The molecule has 4 rings (SSSR count). The zero-order chi connectivity index (χ0) is 25.0. The van der Waals surface area contributed by atoms with Crippen molar-refractivity contribution in [2.45, 2.75) is 17.7 Å². The number of piperazine rings is 1. The van der Waals surface area contributed by atoms with Gasteiger partial charge in [-0.15, -0.1) is 0 Å². The molecule has 2 aromatic rings. The lowest BCUT2D eigenvalue weighted by Gasteiger charge is -2.31. The summed E-state index contributed by atoms with van der Waals surface area (Å²) in [5, 5.41) is 5.30. The van der Waals surface area contributed by atoms with E-state index in [1.54, 1.807) is 30.3 Å². The Balaban J connectivity index is 1.37. The maximum atomic E-state index is 12.8. The highest BCUT2D eigenvalue weighted by Gasteiger charge is 2.28. The lowest BCUT2D eigenvalue weighted by molar-refractivity contribution is -0.119. The topological polar surface area (TPSA) is 131 Å². The number of hydrazone groups is 1. The van der Waals surface area contributed by atoms with Crippen molar-refractivity contribution in [2.75, 3.05) is 38.2 Å². The number of hydrogen-bond acceptors (Lipinski definition) is 7. The second-order valence-corrected chi connectivity index (χ2v) is 10.2. The molecule has 0 spiro atoms. The van der Waals surface area contributed by atoms with E-state index in [2.05, 4.69) is 20.9 Å². The van der Waals surface area contributed by atoms with Crippen molar-refractivity contribution < 1.29 is 22.8 Å². The van der Waals surface area contributed by atoms with Gasteiger partial charge in [0.1, 0.15) is 5.71 Å². The van der Waals surface area contributed by atoms with Gasteiger partial charge in [0, 0.05) is 44.6 Å². The number of hydrazine groups is 1. The Labute approximate surface area is 203 Å². The molecular formula is C23H26N6O5S. The molecule has 2 N–H and O–H groups in total. The summed E-state index contributed by atoms with van der Waals surface area (Å²) in [6.07, 6.45) is 0.251. The Morgan fingerprint density at radius 3 is 2.14 bits per heavy atom. The van der Waals surface area contributed by atoms with E-state index in [0.717, 1.165) is 0 Å². The smallest absolute Gasteiger partial charge is 0.285 e. The lowest BCUT2D eigenvalue weighted by Crippen LogP contribution is -2.47. The molecule has 0 atom stereocenters. The predicted octanol–water partition coefficient (Wildman–Crippen LogP) is 0.567. The fourth-order valence-electron chi connectivity index (χ4n) is 3.70. The summed E-state index contributed by atoms with van der Waals surface area (Å²) in [6, 6.07) is 14.3. The van der Waals surface area contributed by atoms with Crippen LogP contribution in [0.25, 0.3) is 0 Å². The summed E-state index contributed by atoms with van der Waals surface area (Å²) in [5.74, 6) is -1.49. The average molecular weight is 499 g/mol. The molecule has 184 valence electrons. The van der Waals surface area contributed by atoms with Crippen molar-refractivity contribution in [3.63, 3.8) is 0 Å². The number of carbonyl (C=O) groups excluding carboxylic acids is 3. The SMILES string of the molecule is CN1CCN(S(=O)(=O)c2ccc(C(=O)NNC(=O)C3=NN(c4ccccc4)C(=O)CC3)cc2)CC1. The van der Waals surface area contributed by atoms with Crippen LogP contribution >= 0.6 is 0 Å². The van der Waals surface area contributed by atoms with Gasteiger partial charge in [-0.2, -0.15) is 9.41 Å². The molecule has 0 bridgehead atoms. The number of hydrogen-bond donors (Lipinski definition) is 2. The molecule has 3 amide bonds. The molecule has 1 saturated heterocycles. The predicted molar refractivity (Wildman–Crippen MR) is 129 cm³/mol. The van der Waals surface area contributed by atoms with Crippen LogP contribution in [0.3, 0.4) is 0 Å². The van der Waals surface area contributed by atoms with Crippen LogP contribution in [0.4, 0.5) is 5.69 Å². The molecule has 1 fully saturated rings. The Hall–Kier alpha value is -3.61. The van der Waals surface area contributed by atoms with Crippen molar-refractivity contribution in [1.29, 1.82) is 0 Å². The molecule has 2 aliphatic heterocycles. The molecular weight excluding hydrogens is 472 g/mol. The highest BCUT2D eigenvalue weighted by Crippen LogP contribution is 2.20. The molecule has 0 radical (unpaired) electrons.